The number of aromatic nitrogens is 1. The fourth-order valence-corrected chi connectivity index (χ4v) is 1.96. The SMILES string of the molecule is C=CCOc1ccc(/C=C/C(=O)Nc2ccc(Cl)cn2)cc1OC. The quantitative estimate of drug-likeness (QED) is 0.610. The molecule has 2 aromatic rings. The molecule has 6 heteroatoms. The Morgan fingerprint density at radius 2 is 2.17 bits per heavy atom. The molecule has 0 spiro atoms. The summed E-state index contributed by atoms with van der Waals surface area (Å²) in [7, 11) is 1.56. The Balaban J connectivity index is 2.03. The van der Waals surface area contributed by atoms with E-state index in [0.29, 0.717) is 28.9 Å². The summed E-state index contributed by atoms with van der Waals surface area (Å²) in [5, 5.41) is 3.15. The molecule has 0 aliphatic heterocycles. The van der Waals surface area contributed by atoms with Crippen molar-refractivity contribution in [2.45, 2.75) is 0 Å². The number of hydrogen-bond acceptors (Lipinski definition) is 4. The van der Waals surface area contributed by atoms with Gasteiger partial charge in [0.1, 0.15) is 12.4 Å². The minimum absolute atomic E-state index is 0.296. The van der Waals surface area contributed by atoms with E-state index in [0.717, 1.165) is 5.56 Å². The number of carbonyl (C=O) groups is 1. The summed E-state index contributed by atoms with van der Waals surface area (Å²) in [4.78, 5) is 15.9. The number of benzene rings is 1. The van der Waals surface area contributed by atoms with E-state index in [-0.39, 0.29) is 5.91 Å². The third-order valence-electron chi connectivity index (χ3n) is 2.95. The number of anilines is 1. The Hall–Kier alpha value is -2.79. The van der Waals surface area contributed by atoms with Crippen molar-refractivity contribution in [2.24, 2.45) is 0 Å². The van der Waals surface area contributed by atoms with Crippen LogP contribution in [-0.2, 0) is 4.79 Å². The molecular formula is C18H17ClN2O3. The summed E-state index contributed by atoms with van der Waals surface area (Å²) in [6.07, 6.45) is 6.20. The molecule has 1 aromatic carbocycles. The first-order chi connectivity index (χ1) is 11.6. The topological polar surface area (TPSA) is 60.5 Å². The first kappa shape index (κ1) is 17.6. The van der Waals surface area contributed by atoms with Gasteiger partial charge in [-0.3, -0.25) is 4.79 Å². The molecule has 1 aromatic heterocycles. The van der Waals surface area contributed by atoms with Crippen molar-refractivity contribution in [3.63, 3.8) is 0 Å². The van der Waals surface area contributed by atoms with Crippen molar-refractivity contribution < 1.29 is 14.3 Å². The van der Waals surface area contributed by atoms with Crippen molar-refractivity contribution in [1.29, 1.82) is 0 Å². The molecule has 5 nitrogen and oxygen atoms in total. The maximum atomic E-state index is 11.9. The molecular weight excluding hydrogens is 328 g/mol. The maximum Gasteiger partial charge on any atom is 0.249 e. The highest BCUT2D eigenvalue weighted by Crippen LogP contribution is 2.28. The largest absolute Gasteiger partial charge is 0.493 e. The lowest BCUT2D eigenvalue weighted by atomic mass is 10.2. The standard InChI is InChI=1S/C18H17ClN2O3/c1-3-10-24-15-7-4-13(11-16(15)23-2)5-9-18(22)21-17-8-6-14(19)12-20-17/h3-9,11-12H,1,10H2,2H3,(H,20,21,22)/b9-5+. The van der Waals surface area contributed by atoms with Crippen molar-refractivity contribution >= 4 is 29.4 Å². The van der Waals surface area contributed by atoms with Gasteiger partial charge >= 0.3 is 0 Å². The molecule has 1 amide bonds. The Bertz CT molecular complexity index is 742. The van der Waals surface area contributed by atoms with Gasteiger partial charge < -0.3 is 14.8 Å². The summed E-state index contributed by atoms with van der Waals surface area (Å²) in [6, 6.07) is 8.66. The molecule has 1 heterocycles. The monoisotopic (exact) mass is 344 g/mol. The third kappa shape index (κ3) is 5.14. The zero-order valence-electron chi connectivity index (χ0n) is 13.2. The zero-order chi connectivity index (χ0) is 17.4. The van der Waals surface area contributed by atoms with Gasteiger partial charge in [-0.15, -0.1) is 0 Å². The van der Waals surface area contributed by atoms with Gasteiger partial charge in [0.15, 0.2) is 11.5 Å². The van der Waals surface area contributed by atoms with Gasteiger partial charge in [0.05, 0.1) is 12.1 Å². The van der Waals surface area contributed by atoms with Crippen molar-refractivity contribution in [3.05, 3.63) is 65.8 Å². The second-order valence-corrected chi connectivity index (χ2v) is 5.13. The van der Waals surface area contributed by atoms with Crippen LogP contribution in [0.4, 0.5) is 5.82 Å². The molecule has 1 N–H and O–H groups in total. The van der Waals surface area contributed by atoms with Crippen LogP contribution in [0.15, 0.2) is 55.3 Å². The molecule has 124 valence electrons. The fourth-order valence-electron chi connectivity index (χ4n) is 1.85. The molecule has 0 radical (unpaired) electrons. The van der Waals surface area contributed by atoms with Crippen LogP contribution < -0.4 is 14.8 Å². The molecule has 24 heavy (non-hydrogen) atoms. The summed E-state index contributed by atoms with van der Waals surface area (Å²) in [5.74, 6) is 1.33. The minimum atomic E-state index is -0.296. The van der Waals surface area contributed by atoms with Crippen LogP contribution in [-0.4, -0.2) is 24.6 Å². The zero-order valence-corrected chi connectivity index (χ0v) is 13.9. The second kappa shape index (κ2) is 8.74. The van der Waals surface area contributed by atoms with Gasteiger partial charge in [-0.2, -0.15) is 0 Å². The lowest BCUT2D eigenvalue weighted by Crippen LogP contribution is -2.08. The highest BCUT2D eigenvalue weighted by molar-refractivity contribution is 6.30. The van der Waals surface area contributed by atoms with E-state index in [4.69, 9.17) is 21.1 Å². The van der Waals surface area contributed by atoms with E-state index < -0.39 is 0 Å². The van der Waals surface area contributed by atoms with Crippen LogP contribution in [0.25, 0.3) is 6.08 Å². The first-order valence-electron chi connectivity index (χ1n) is 7.14. The number of amides is 1. The van der Waals surface area contributed by atoms with Crippen LogP contribution in [0.2, 0.25) is 5.02 Å². The summed E-state index contributed by atoms with van der Waals surface area (Å²) < 4.78 is 10.8. The maximum absolute atomic E-state index is 11.9. The van der Waals surface area contributed by atoms with E-state index >= 15 is 0 Å². The highest BCUT2D eigenvalue weighted by Gasteiger charge is 2.05. The van der Waals surface area contributed by atoms with E-state index in [1.807, 2.05) is 6.07 Å². The summed E-state index contributed by atoms with van der Waals surface area (Å²) in [6.45, 7) is 3.99. The number of halogens is 1. The number of rotatable bonds is 7. The van der Waals surface area contributed by atoms with E-state index in [1.54, 1.807) is 43.5 Å². The number of ether oxygens (including phenoxy) is 2. The normalized spacial score (nSPS) is 10.4. The smallest absolute Gasteiger partial charge is 0.249 e. The molecule has 0 saturated carbocycles. The van der Waals surface area contributed by atoms with Gasteiger partial charge in [-0.05, 0) is 35.9 Å². The second-order valence-electron chi connectivity index (χ2n) is 4.69. The Morgan fingerprint density at radius 1 is 1.33 bits per heavy atom. The van der Waals surface area contributed by atoms with Gasteiger partial charge in [0.25, 0.3) is 0 Å². The average Bonchev–Trinajstić information content (AvgIpc) is 2.60. The molecule has 0 fully saturated rings. The number of nitrogens with one attached hydrogen (secondary N) is 1. The van der Waals surface area contributed by atoms with Crippen LogP contribution >= 0.6 is 11.6 Å². The van der Waals surface area contributed by atoms with Crippen LogP contribution in [0.5, 0.6) is 11.5 Å². The van der Waals surface area contributed by atoms with E-state index in [1.165, 1.54) is 12.3 Å². The van der Waals surface area contributed by atoms with E-state index in [2.05, 4.69) is 16.9 Å². The molecule has 0 atom stereocenters. The summed E-state index contributed by atoms with van der Waals surface area (Å²) in [5.41, 5.74) is 0.803. The number of pyridine rings is 1. The molecule has 2 rings (SSSR count). The van der Waals surface area contributed by atoms with Crippen LogP contribution in [0, 0.1) is 0 Å². The fraction of sp³-hybridized carbons (Fsp3) is 0.111. The molecule has 0 saturated heterocycles. The Morgan fingerprint density at radius 3 is 2.83 bits per heavy atom. The lowest BCUT2D eigenvalue weighted by Gasteiger charge is -2.09. The number of hydrogen-bond donors (Lipinski definition) is 1. The predicted molar refractivity (Wildman–Crippen MR) is 95.6 cm³/mol. The van der Waals surface area contributed by atoms with Gasteiger partial charge in [0.2, 0.25) is 5.91 Å². The van der Waals surface area contributed by atoms with Crippen molar-refractivity contribution in [2.75, 3.05) is 19.0 Å². The Kier molecular flexibility index (Phi) is 6.40. The van der Waals surface area contributed by atoms with Crippen LogP contribution in [0.3, 0.4) is 0 Å². The van der Waals surface area contributed by atoms with Crippen molar-refractivity contribution in [1.82, 2.24) is 4.98 Å². The molecule has 0 aliphatic rings. The lowest BCUT2D eigenvalue weighted by molar-refractivity contribution is -0.111. The number of nitrogens with zero attached hydrogens (tertiary/aromatic N) is 1. The predicted octanol–water partition coefficient (Wildman–Crippen LogP) is 3.96. The number of carbonyl (C=O) groups excluding carboxylic acids is 1. The Labute approximate surface area is 145 Å². The van der Waals surface area contributed by atoms with Gasteiger partial charge in [-0.25, -0.2) is 4.98 Å². The summed E-state index contributed by atoms with van der Waals surface area (Å²) >= 11 is 5.75. The van der Waals surface area contributed by atoms with Crippen molar-refractivity contribution in [3.8, 4) is 11.5 Å². The third-order valence-corrected chi connectivity index (χ3v) is 3.17. The first-order valence-corrected chi connectivity index (χ1v) is 7.52. The highest BCUT2D eigenvalue weighted by atomic mass is 35.5. The van der Waals surface area contributed by atoms with E-state index in [9.17, 15) is 4.79 Å². The molecule has 0 aliphatic carbocycles. The molecule has 0 bridgehead atoms. The molecule has 0 unspecified atom stereocenters. The van der Waals surface area contributed by atoms with Gasteiger partial charge in [0, 0.05) is 12.3 Å². The van der Waals surface area contributed by atoms with Crippen LogP contribution in [0.1, 0.15) is 5.56 Å². The van der Waals surface area contributed by atoms with Gasteiger partial charge in [-0.1, -0.05) is 30.3 Å². The number of methoxy groups -OCH3 is 1. The average molecular weight is 345 g/mol. The minimum Gasteiger partial charge on any atom is -0.493 e.